The van der Waals surface area contributed by atoms with E-state index in [0.717, 1.165) is 69.1 Å². The quantitative estimate of drug-likeness (QED) is 0.00799. The average molecular weight is 1160 g/mol. The number of nitro benzene ring substituents is 1. The Hall–Kier alpha value is -8.33. The minimum atomic E-state index is -0.476. The lowest BCUT2D eigenvalue weighted by molar-refractivity contribution is -0.384. The van der Waals surface area contributed by atoms with Crippen LogP contribution in [0, 0.1) is 33.8 Å². The third-order valence-corrected chi connectivity index (χ3v) is 15.6. The van der Waals surface area contributed by atoms with Crippen molar-refractivity contribution in [3.05, 3.63) is 126 Å². The Labute approximate surface area is 486 Å². The van der Waals surface area contributed by atoms with Gasteiger partial charge in [-0.25, -0.2) is 14.6 Å². The Kier molecular flexibility index (Phi) is 24.3. The van der Waals surface area contributed by atoms with Gasteiger partial charge in [0.25, 0.3) is 5.69 Å². The van der Waals surface area contributed by atoms with Crippen molar-refractivity contribution in [1.82, 2.24) is 4.98 Å². The molecule has 1 N–H and O–H groups in total. The summed E-state index contributed by atoms with van der Waals surface area (Å²) in [5.41, 5.74) is 4.93. The van der Waals surface area contributed by atoms with Gasteiger partial charge in [-0.05, 0) is 175 Å². The zero-order valence-corrected chi connectivity index (χ0v) is 47.6. The number of nitro groups is 1. The number of anilines is 2. The molecule has 442 valence electrons. The van der Waals surface area contributed by atoms with Crippen LogP contribution in [0.2, 0.25) is 0 Å². The third kappa shape index (κ3) is 19.7. The minimum absolute atomic E-state index is 0.0544. The van der Waals surface area contributed by atoms with Crippen LogP contribution < -0.4 is 34.1 Å². The van der Waals surface area contributed by atoms with Gasteiger partial charge in [-0.3, -0.25) is 39.7 Å². The Morgan fingerprint density at radius 3 is 1.46 bits per heavy atom. The Morgan fingerprint density at radius 2 is 1.00 bits per heavy atom. The molecule has 2 fully saturated rings. The molecule has 4 aromatic carbocycles. The van der Waals surface area contributed by atoms with Crippen molar-refractivity contribution < 1.29 is 71.6 Å². The van der Waals surface area contributed by atoms with Crippen LogP contribution in [0.4, 0.5) is 16.5 Å². The largest absolute Gasteiger partial charge is 0.494 e. The summed E-state index contributed by atoms with van der Waals surface area (Å²) in [7, 11) is 1.74. The van der Waals surface area contributed by atoms with Crippen LogP contribution in [-0.2, 0) is 49.4 Å². The number of ether oxygens (including phenoxy) is 8. The number of fused-ring (bicyclic) bond motifs is 1. The molecule has 1 heterocycles. The summed E-state index contributed by atoms with van der Waals surface area (Å²) in [6.45, 7) is 8.62. The molecule has 0 atom stereocenters. The summed E-state index contributed by atoms with van der Waals surface area (Å²) in [4.78, 5) is 91.5. The van der Waals surface area contributed by atoms with E-state index < -0.39 is 34.7 Å². The van der Waals surface area contributed by atoms with E-state index in [9.17, 15) is 38.9 Å². The average Bonchev–Trinajstić information content (AvgIpc) is 4.18. The monoisotopic (exact) mass is 1160 g/mol. The molecule has 20 nitrogen and oxygen atoms in total. The number of hydrazine groups is 1. The summed E-state index contributed by atoms with van der Waals surface area (Å²) >= 11 is 1.33. The van der Waals surface area contributed by atoms with Gasteiger partial charge in [-0.2, -0.15) is 0 Å². The van der Waals surface area contributed by atoms with Crippen LogP contribution in [0.15, 0.2) is 110 Å². The van der Waals surface area contributed by atoms with Gasteiger partial charge < -0.3 is 37.9 Å². The molecule has 2 aliphatic rings. The second-order valence-corrected chi connectivity index (χ2v) is 21.3. The highest BCUT2D eigenvalue weighted by atomic mass is 32.1. The molecular formula is C62H72N4O16S. The molecule has 0 spiro atoms. The molecular weight excluding hydrogens is 1090 g/mol. The van der Waals surface area contributed by atoms with Crippen molar-refractivity contribution in [2.75, 3.05) is 50.5 Å². The number of thiazole rings is 1. The highest BCUT2D eigenvalue weighted by molar-refractivity contribution is 7.22. The first-order chi connectivity index (χ1) is 40.3. The molecule has 83 heavy (non-hydrogen) atoms. The van der Waals surface area contributed by atoms with Gasteiger partial charge in [-0.1, -0.05) is 30.6 Å². The molecule has 5 aromatic rings. The second kappa shape index (κ2) is 32.3. The predicted octanol–water partition coefficient (Wildman–Crippen LogP) is 11.8. The number of nitrogens with zero attached hydrogens (tertiary/aromatic N) is 3. The maximum atomic E-state index is 13.8. The number of benzene rings is 4. The van der Waals surface area contributed by atoms with Gasteiger partial charge in [0, 0.05) is 37.8 Å². The molecule has 7 rings (SSSR count). The predicted molar refractivity (Wildman–Crippen MR) is 310 cm³/mol. The molecule has 0 unspecified atom stereocenters. The standard InChI is InChI=1S/C62H72N4O16S/c1-4-54(67)77-39-12-8-6-10-37-75-49-27-31-51(32-28-49)80-59(70)44-16-14-43(15-17-44)58(69)79-41-36-42-22-35-53(56-57(42)83-62(63-56)65(3)64-47-23-25-48(26-24-47)66(73)74)82-61(72)46-20-18-45(19-21-46)60(71)81-52-33-29-50(30-34-52)76-38-11-7-9-13-40-78-55(68)5-2/h4-5,22-35,43-46,64H,1-2,6-21,36-41H2,3H3. The number of non-ortho nitro benzene ring substituents is 1. The first kappa shape index (κ1) is 62.3. The van der Waals surface area contributed by atoms with Gasteiger partial charge in [0.2, 0.25) is 5.13 Å². The van der Waals surface area contributed by atoms with Crippen LogP contribution in [0.3, 0.4) is 0 Å². The summed E-state index contributed by atoms with van der Waals surface area (Å²) in [5.74, 6) is -1.56. The number of esters is 6. The van der Waals surface area contributed by atoms with Crippen molar-refractivity contribution in [2.24, 2.45) is 23.7 Å². The van der Waals surface area contributed by atoms with Gasteiger partial charge in [0.05, 0.1) is 72.0 Å². The molecule has 21 heteroatoms. The molecule has 0 saturated heterocycles. The first-order valence-corrected chi connectivity index (χ1v) is 29.1. The maximum absolute atomic E-state index is 13.8. The fraction of sp³-hybridized carbons (Fsp3) is 0.435. The van der Waals surface area contributed by atoms with Gasteiger partial charge in [0.15, 0.2) is 5.75 Å². The first-order valence-electron chi connectivity index (χ1n) is 28.3. The number of aromatic nitrogens is 1. The van der Waals surface area contributed by atoms with E-state index in [2.05, 4.69) is 18.6 Å². The summed E-state index contributed by atoms with van der Waals surface area (Å²) in [5, 5.41) is 13.4. The lowest BCUT2D eigenvalue weighted by Crippen LogP contribution is -2.30. The fourth-order valence-corrected chi connectivity index (χ4v) is 10.7. The van der Waals surface area contributed by atoms with E-state index in [1.165, 1.54) is 23.5 Å². The zero-order valence-electron chi connectivity index (χ0n) is 46.8. The molecule has 2 saturated carbocycles. The van der Waals surface area contributed by atoms with Crippen LogP contribution in [0.25, 0.3) is 10.2 Å². The van der Waals surface area contributed by atoms with E-state index in [1.807, 2.05) is 6.07 Å². The highest BCUT2D eigenvalue weighted by Crippen LogP contribution is 2.39. The molecule has 0 radical (unpaired) electrons. The van der Waals surface area contributed by atoms with Crippen molar-refractivity contribution in [3.63, 3.8) is 0 Å². The van der Waals surface area contributed by atoms with E-state index in [1.54, 1.807) is 78.8 Å². The van der Waals surface area contributed by atoms with E-state index in [0.29, 0.717) is 128 Å². The van der Waals surface area contributed by atoms with Crippen molar-refractivity contribution in [2.45, 2.75) is 109 Å². The Bertz CT molecular complexity index is 2990. The Balaban J connectivity index is 0.864. The van der Waals surface area contributed by atoms with E-state index in [-0.39, 0.29) is 47.8 Å². The fourth-order valence-electron chi connectivity index (χ4n) is 9.61. The van der Waals surface area contributed by atoms with E-state index >= 15 is 0 Å². The summed E-state index contributed by atoms with van der Waals surface area (Å²) in [6.07, 6.45) is 13.1. The van der Waals surface area contributed by atoms with E-state index in [4.69, 9.17) is 42.9 Å². The smallest absolute Gasteiger partial charge is 0.330 e. The highest BCUT2D eigenvalue weighted by Gasteiger charge is 2.34. The number of carbonyl (C=O) groups is 6. The Morgan fingerprint density at radius 1 is 0.566 bits per heavy atom. The number of hydrogen-bond acceptors (Lipinski definition) is 20. The normalized spacial score (nSPS) is 16.5. The third-order valence-electron chi connectivity index (χ3n) is 14.4. The number of rotatable bonds is 32. The molecule has 0 amide bonds. The number of carbonyl (C=O) groups excluding carboxylic acids is 6. The van der Waals surface area contributed by atoms with Crippen molar-refractivity contribution in [1.29, 1.82) is 0 Å². The zero-order chi connectivity index (χ0) is 58.9. The summed E-state index contributed by atoms with van der Waals surface area (Å²) < 4.78 is 45.6. The van der Waals surface area contributed by atoms with Gasteiger partial charge in [-0.15, -0.1) is 0 Å². The minimum Gasteiger partial charge on any atom is -0.494 e. The molecule has 1 aromatic heterocycles. The van der Waals surface area contributed by atoms with Gasteiger partial charge >= 0.3 is 35.8 Å². The van der Waals surface area contributed by atoms with Crippen LogP contribution in [0.5, 0.6) is 28.7 Å². The van der Waals surface area contributed by atoms with Crippen molar-refractivity contribution in [3.8, 4) is 28.7 Å². The lowest BCUT2D eigenvalue weighted by Gasteiger charge is -2.26. The molecule has 0 bridgehead atoms. The lowest BCUT2D eigenvalue weighted by atomic mass is 9.82. The topological polar surface area (TPSA) is 248 Å². The van der Waals surface area contributed by atoms with Crippen LogP contribution in [0.1, 0.15) is 108 Å². The number of unbranched alkanes of at least 4 members (excludes halogenated alkanes) is 6. The SMILES string of the molecule is C=CC(=O)OCCCCCCOc1ccc(OC(=O)C2CCC(C(=O)OCCc3ccc(OC(=O)C4CCC(C(=O)Oc5ccc(OCCCCCCOC(=O)C=C)cc5)CC4)c4nc(N(C)Nc5ccc([N+](=O)[O-])cc5)sc34)CC2)cc1. The number of hydrogen-bond donors (Lipinski definition) is 1. The maximum Gasteiger partial charge on any atom is 0.330 e. The van der Waals surface area contributed by atoms with Gasteiger partial charge in [0.1, 0.15) is 28.5 Å². The second-order valence-electron chi connectivity index (χ2n) is 20.4. The van der Waals surface area contributed by atoms with Crippen LogP contribution >= 0.6 is 11.3 Å². The molecule has 0 aliphatic heterocycles. The summed E-state index contributed by atoms with van der Waals surface area (Å²) in [6, 6.07) is 23.2. The van der Waals surface area contributed by atoms with Crippen molar-refractivity contribution >= 4 is 73.9 Å². The number of nitrogens with one attached hydrogen (secondary N) is 1. The molecule has 2 aliphatic carbocycles. The van der Waals surface area contributed by atoms with Crippen LogP contribution in [-0.4, -0.2) is 85.8 Å².